The van der Waals surface area contributed by atoms with Gasteiger partial charge in [-0.3, -0.25) is 4.90 Å². The van der Waals surface area contributed by atoms with Crippen molar-refractivity contribution in [2.45, 2.75) is 33.7 Å². The molecule has 5 heteroatoms. The molecule has 0 aliphatic heterocycles. The van der Waals surface area contributed by atoms with E-state index >= 15 is 0 Å². The van der Waals surface area contributed by atoms with Crippen LogP contribution in [0.1, 0.15) is 32.8 Å². The summed E-state index contributed by atoms with van der Waals surface area (Å²) >= 11 is 0. The van der Waals surface area contributed by atoms with E-state index in [9.17, 15) is 10.0 Å². The molecule has 0 fully saturated rings. The van der Waals surface area contributed by atoms with Gasteiger partial charge in [-0.25, -0.2) is 0 Å². The van der Waals surface area contributed by atoms with E-state index in [-0.39, 0.29) is 0 Å². The summed E-state index contributed by atoms with van der Waals surface area (Å²) in [6.45, 7) is 9.32. The maximum atomic E-state index is 9.29. The van der Waals surface area contributed by atoms with Crippen molar-refractivity contribution in [2.24, 2.45) is 5.92 Å². The van der Waals surface area contributed by atoms with Crippen molar-refractivity contribution in [3.05, 3.63) is 23.8 Å². The Hall–Kier alpha value is -1.04. The lowest BCUT2D eigenvalue weighted by Crippen LogP contribution is -2.32. The summed E-state index contributed by atoms with van der Waals surface area (Å²) in [5.41, 5.74) is 1.49. The fraction of sp³-hybridized carbons (Fsp3) is 0.600. The van der Waals surface area contributed by atoms with Crippen molar-refractivity contribution in [3.63, 3.8) is 0 Å². The Labute approximate surface area is 122 Å². The minimum absolute atomic E-state index is 0.500. The molecule has 1 rings (SSSR count). The van der Waals surface area contributed by atoms with E-state index < -0.39 is 7.12 Å². The summed E-state index contributed by atoms with van der Waals surface area (Å²) in [4.78, 5) is 2.35. The molecule has 0 bridgehead atoms. The zero-order chi connectivity index (χ0) is 15.1. The molecule has 0 radical (unpaired) electrons. The van der Waals surface area contributed by atoms with Crippen LogP contribution in [0.5, 0.6) is 5.75 Å². The first-order valence-corrected chi connectivity index (χ1v) is 7.27. The molecule has 0 aliphatic rings. The van der Waals surface area contributed by atoms with Gasteiger partial charge in [0.25, 0.3) is 0 Å². The van der Waals surface area contributed by atoms with Crippen molar-refractivity contribution < 1.29 is 14.8 Å². The molecule has 0 saturated carbocycles. The quantitative estimate of drug-likeness (QED) is 0.703. The molecular formula is C15H26BNO3. The molecule has 0 heterocycles. The SMILES string of the molecule is CCC(C)CN(CC)Cc1cc(B(O)O)ccc1OC. The molecular weight excluding hydrogens is 253 g/mol. The summed E-state index contributed by atoms with van der Waals surface area (Å²) in [6, 6.07) is 5.28. The Balaban J connectivity index is 2.89. The van der Waals surface area contributed by atoms with E-state index in [1.165, 1.54) is 0 Å². The van der Waals surface area contributed by atoms with Gasteiger partial charge in [-0.2, -0.15) is 0 Å². The highest BCUT2D eigenvalue weighted by atomic mass is 16.5. The van der Waals surface area contributed by atoms with E-state index in [0.717, 1.165) is 37.4 Å². The smallest absolute Gasteiger partial charge is 0.488 e. The van der Waals surface area contributed by atoms with E-state index in [4.69, 9.17) is 4.74 Å². The third-order valence-corrected chi connectivity index (χ3v) is 3.71. The zero-order valence-electron chi connectivity index (χ0n) is 13.0. The molecule has 112 valence electrons. The molecule has 1 unspecified atom stereocenters. The molecule has 0 amide bonds. The number of ether oxygens (including phenoxy) is 1. The first-order valence-electron chi connectivity index (χ1n) is 7.27. The van der Waals surface area contributed by atoms with E-state index in [0.29, 0.717) is 11.4 Å². The zero-order valence-corrected chi connectivity index (χ0v) is 13.0. The number of benzene rings is 1. The second-order valence-electron chi connectivity index (χ2n) is 5.29. The average Bonchev–Trinajstić information content (AvgIpc) is 2.45. The van der Waals surface area contributed by atoms with Crippen LogP contribution in [0.2, 0.25) is 0 Å². The monoisotopic (exact) mass is 279 g/mol. The molecule has 0 spiro atoms. The average molecular weight is 279 g/mol. The van der Waals surface area contributed by atoms with Gasteiger partial charge in [-0.15, -0.1) is 0 Å². The molecule has 0 aromatic heterocycles. The van der Waals surface area contributed by atoms with Crippen LogP contribution < -0.4 is 10.2 Å². The lowest BCUT2D eigenvalue weighted by molar-refractivity contribution is 0.235. The molecule has 1 atom stereocenters. The summed E-state index contributed by atoms with van der Waals surface area (Å²) in [5, 5.41) is 18.6. The largest absolute Gasteiger partial charge is 0.496 e. The lowest BCUT2D eigenvalue weighted by atomic mass is 9.79. The molecule has 20 heavy (non-hydrogen) atoms. The van der Waals surface area contributed by atoms with Gasteiger partial charge in [0, 0.05) is 18.7 Å². The minimum Gasteiger partial charge on any atom is -0.496 e. The van der Waals surface area contributed by atoms with E-state index in [2.05, 4.69) is 25.7 Å². The van der Waals surface area contributed by atoms with Gasteiger partial charge in [0.15, 0.2) is 0 Å². The van der Waals surface area contributed by atoms with Gasteiger partial charge in [-0.1, -0.05) is 39.3 Å². The van der Waals surface area contributed by atoms with Crippen LogP contribution in [0.15, 0.2) is 18.2 Å². The predicted molar refractivity (Wildman–Crippen MR) is 83.2 cm³/mol. The number of nitrogens with zero attached hydrogens (tertiary/aromatic N) is 1. The van der Waals surface area contributed by atoms with Crippen molar-refractivity contribution in [2.75, 3.05) is 20.2 Å². The lowest BCUT2D eigenvalue weighted by Gasteiger charge is -2.25. The third-order valence-electron chi connectivity index (χ3n) is 3.71. The van der Waals surface area contributed by atoms with Crippen molar-refractivity contribution >= 4 is 12.6 Å². The summed E-state index contributed by atoms with van der Waals surface area (Å²) < 4.78 is 5.37. The van der Waals surface area contributed by atoms with Crippen LogP contribution in [0.3, 0.4) is 0 Å². The maximum absolute atomic E-state index is 9.29. The second kappa shape index (κ2) is 8.30. The normalized spacial score (nSPS) is 12.6. The number of methoxy groups -OCH3 is 1. The number of rotatable bonds is 8. The molecule has 1 aromatic carbocycles. The highest BCUT2D eigenvalue weighted by Gasteiger charge is 2.16. The Kier molecular flexibility index (Phi) is 7.06. The molecule has 0 saturated heterocycles. The van der Waals surface area contributed by atoms with Crippen LogP contribution in [0.25, 0.3) is 0 Å². The highest BCUT2D eigenvalue weighted by molar-refractivity contribution is 6.58. The van der Waals surface area contributed by atoms with Crippen LogP contribution in [-0.4, -0.2) is 42.3 Å². The topological polar surface area (TPSA) is 52.9 Å². The Morgan fingerprint density at radius 2 is 2.00 bits per heavy atom. The Morgan fingerprint density at radius 3 is 2.50 bits per heavy atom. The standard InChI is InChI=1S/C15H26BNO3/c1-5-12(3)10-17(6-2)11-13-9-14(16(18)19)7-8-15(13)20-4/h7-9,12,18-19H,5-6,10-11H2,1-4H3. The minimum atomic E-state index is -1.44. The van der Waals surface area contributed by atoms with Crippen LogP contribution in [-0.2, 0) is 6.54 Å². The fourth-order valence-corrected chi connectivity index (χ4v) is 2.20. The van der Waals surface area contributed by atoms with Gasteiger partial charge in [0.1, 0.15) is 5.75 Å². The second-order valence-corrected chi connectivity index (χ2v) is 5.29. The maximum Gasteiger partial charge on any atom is 0.488 e. The van der Waals surface area contributed by atoms with Crippen molar-refractivity contribution in [1.29, 1.82) is 0 Å². The Bertz CT molecular complexity index is 412. The first-order chi connectivity index (χ1) is 9.51. The van der Waals surface area contributed by atoms with Gasteiger partial charge in [0.2, 0.25) is 0 Å². The van der Waals surface area contributed by atoms with Crippen molar-refractivity contribution in [1.82, 2.24) is 4.90 Å². The van der Waals surface area contributed by atoms with Gasteiger partial charge < -0.3 is 14.8 Å². The molecule has 2 N–H and O–H groups in total. The fourth-order valence-electron chi connectivity index (χ4n) is 2.20. The van der Waals surface area contributed by atoms with Crippen molar-refractivity contribution in [3.8, 4) is 5.75 Å². The van der Waals surface area contributed by atoms with E-state index in [1.807, 2.05) is 6.07 Å². The van der Waals surface area contributed by atoms with Crippen LogP contribution in [0, 0.1) is 5.92 Å². The Morgan fingerprint density at radius 1 is 1.30 bits per heavy atom. The predicted octanol–water partition coefficient (Wildman–Crippen LogP) is 1.24. The molecule has 0 aliphatic carbocycles. The number of hydrogen-bond donors (Lipinski definition) is 2. The first kappa shape index (κ1) is 17.0. The van der Waals surface area contributed by atoms with Crippen LogP contribution in [0.4, 0.5) is 0 Å². The summed E-state index contributed by atoms with van der Waals surface area (Å²) in [7, 11) is 0.197. The third kappa shape index (κ3) is 4.82. The molecule has 1 aromatic rings. The molecule has 4 nitrogen and oxygen atoms in total. The van der Waals surface area contributed by atoms with E-state index in [1.54, 1.807) is 19.2 Å². The number of hydrogen-bond acceptors (Lipinski definition) is 4. The van der Waals surface area contributed by atoms with Gasteiger partial charge in [0.05, 0.1) is 7.11 Å². The highest BCUT2D eigenvalue weighted by Crippen LogP contribution is 2.19. The summed E-state index contributed by atoms with van der Waals surface area (Å²) in [6.07, 6.45) is 1.16. The van der Waals surface area contributed by atoms with Crippen LogP contribution >= 0.6 is 0 Å². The van der Waals surface area contributed by atoms with Gasteiger partial charge >= 0.3 is 7.12 Å². The summed E-state index contributed by atoms with van der Waals surface area (Å²) in [5.74, 6) is 1.43. The van der Waals surface area contributed by atoms with Gasteiger partial charge in [-0.05, 0) is 24.0 Å².